The summed E-state index contributed by atoms with van der Waals surface area (Å²) in [7, 11) is 0. The molecular weight excluding hydrogens is 202 g/mol. The van der Waals surface area contributed by atoms with Crippen LogP contribution in [-0.4, -0.2) is 25.2 Å². The predicted molar refractivity (Wildman–Crippen MR) is 58.7 cm³/mol. The smallest absolute Gasteiger partial charge is 0.330 e. The first-order valence-corrected chi connectivity index (χ1v) is 4.91. The van der Waals surface area contributed by atoms with Crippen molar-refractivity contribution >= 4 is 18.4 Å². The van der Waals surface area contributed by atoms with Gasteiger partial charge >= 0.3 is 5.97 Å². The molecule has 0 aromatic heterocycles. The van der Waals surface area contributed by atoms with Gasteiger partial charge in [-0.25, -0.2) is 4.79 Å². The number of esters is 1. The molecule has 0 aliphatic carbocycles. The third kappa shape index (κ3) is 5.25. The molecule has 0 radical (unpaired) electrons. The monoisotopic (exact) mass is 219 g/mol. The highest BCUT2D eigenvalue weighted by Gasteiger charge is 2.08. The van der Waals surface area contributed by atoms with Crippen LogP contribution in [0.4, 0.5) is 0 Å². The van der Waals surface area contributed by atoms with Gasteiger partial charge in [0.15, 0.2) is 0 Å². The van der Waals surface area contributed by atoms with E-state index >= 15 is 0 Å². The Morgan fingerprint density at radius 1 is 1.57 bits per heavy atom. The fourth-order valence-electron chi connectivity index (χ4n) is 1.43. The fraction of sp³-hybridized carbons (Fsp3) is 0.700. The van der Waals surface area contributed by atoms with E-state index < -0.39 is 0 Å². The summed E-state index contributed by atoms with van der Waals surface area (Å²) < 4.78 is 4.78. The van der Waals surface area contributed by atoms with Crippen LogP contribution in [0.25, 0.3) is 0 Å². The Morgan fingerprint density at radius 3 is 2.93 bits per heavy atom. The maximum atomic E-state index is 10.9. The average Bonchev–Trinajstić information content (AvgIpc) is 2.17. The second kappa shape index (κ2) is 7.83. The summed E-state index contributed by atoms with van der Waals surface area (Å²) in [6.07, 6.45) is 7.02. The third-order valence-electron chi connectivity index (χ3n) is 2.10. The van der Waals surface area contributed by atoms with Gasteiger partial charge < -0.3 is 10.1 Å². The molecule has 1 aliphatic rings. The van der Waals surface area contributed by atoms with Crippen molar-refractivity contribution in [3.63, 3.8) is 0 Å². The Balaban J connectivity index is 0.00000169. The molecule has 14 heavy (non-hydrogen) atoms. The Kier molecular flexibility index (Phi) is 7.52. The number of ether oxygens (including phenoxy) is 1. The molecule has 1 saturated heterocycles. The minimum Gasteiger partial charge on any atom is -0.463 e. The first kappa shape index (κ1) is 13.5. The lowest BCUT2D eigenvalue weighted by Crippen LogP contribution is -2.32. The van der Waals surface area contributed by atoms with Crippen molar-refractivity contribution in [2.45, 2.75) is 32.2 Å². The number of piperidine rings is 1. The van der Waals surface area contributed by atoms with E-state index in [1.54, 1.807) is 0 Å². The standard InChI is InChI=1S/C10H17NO2.ClH/c1-2-13-10(12)7-6-9-5-3-4-8-11-9;/h6-7,9,11H,2-5,8H2,1H3;1H/b7-6+;. The summed E-state index contributed by atoms with van der Waals surface area (Å²) in [5.74, 6) is -0.241. The normalized spacial score (nSPS) is 21.6. The van der Waals surface area contributed by atoms with Crippen molar-refractivity contribution in [3.8, 4) is 0 Å². The van der Waals surface area contributed by atoms with Crippen LogP contribution in [0.5, 0.6) is 0 Å². The maximum Gasteiger partial charge on any atom is 0.330 e. The topological polar surface area (TPSA) is 38.3 Å². The van der Waals surface area contributed by atoms with Gasteiger partial charge in [-0.2, -0.15) is 0 Å². The van der Waals surface area contributed by atoms with Crippen molar-refractivity contribution in [1.29, 1.82) is 0 Å². The van der Waals surface area contributed by atoms with E-state index in [9.17, 15) is 4.79 Å². The summed E-state index contributed by atoms with van der Waals surface area (Å²) in [5, 5.41) is 3.32. The van der Waals surface area contributed by atoms with Crippen LogP contribution in [-0.2, 0) is 9.53 Å². The SMILES string of the molecule is CCOC(=O)/C=C/C1CCCCN1.Cl. The molecule has 1 rings (SSSR count). The van der Waals surface area contributed by atoms with E-state index in [0.29, 0.717) is 12.6 Å². The number of nitrogens with one attached hydrogen (secondary N) is 1. The second-order valence-electron chi connectivity index (χ2n) is 3.17. The molecule has 1 heterocycles. The quantitative estimate of drug-likeness (QED) is 0.580. The number of carbonyl (C=O) groups is 1. The zero-order valence-corrected chi connectivity index (χ0v) is 9.31. The van der Waals surface area contributed by atoms with E-state index in [2.05, 4.69) is 5.32 Å². The van der Waals surface area contributed by atoms with Crippen LogP contribution in [0.3, 0.4) is 0 Å². The van der Waals surface area contributed by atoms with Crippen LogP contribution < -0.4 is 5.32 Å². The molecule has 0 aromatic carbocycles. The van der Waals surface area contributed by atoms with Gasteiger partial charge in [0, 0.05) is 12.1 Å². The number of hydrogen-bond acceptors (Lipinski definition) is 3. The van der Waals surface area contributed by atoms with Gasteiger partial charge in [-0.15, -0.1) is 12.4 Å². The van der Waals surface area contributed by atoms with Crippen LogP contribution >= 0.6 is 12.4 Å². The summed E-state index contributed by atoms with van der Waals surface area (Å²) >= 11 is 0. The van der Waals surface area contributed by atoms with Crippen molar-refractivity contribution < 1.29 is 9.53 Å². The van der Waals surface area contributed by atoms with Gasteiger partial charge in [0.25, 0.3) is 0 Å². The Morgan fingerprint density at radius 2 is 2.36 bits per heavy atom. The minimum absolute atomic E-state index is 0. The number of halogens is 1. The number of hydrogen-bond donors (Lipinski definition) is 1. The summed E-state index contributed by atoms with van der Waals surface area (Å²) in [4.78, 5) is 10.9. The molecule has 0 spiro atoms. The number of carbonyl (C=O) groups excluding carboxylic acids is 1. The molecule has 0 aromatic rings. The van der Waals surface area contributed by atoms with Crippen LogP contribution in [0, 0.1) is 0 Å². The Labute approximate surface area is 91.3 Å². The molecule has 0 amide bonds. The molecule has 4 heteroatoms. The predicted octanol–water partition coefficient (Wildman–Crippen LogP) is 1.67. The van der Waals surface area contributed by atoms with Gasteiger partial charge in [0.1, 0.15) is 0 Å². The van der Waals surface area contributed by atoms with Gasteiger partial charge in [-0.3, -0.25) is 0 Å². The van der Waals surface area contributed by atoms with Crippen LogP contribution in [0.15, 0.2) is 12.2 Å². The van der Waals surface area contributed by atoms with Gasteiger partial charge in [0.2, 0.25) is 0 Å². The van der Waals surface area contributed by atoms with E-state index in [1.807, 2.05) is 13.0 Å². The van der Waals surface area contributed by atoms with Crippen molar-refractivity contribution in [2.24, 2.45) is 0 Å². The summed E-state index contributed by atoms with van der Waals surface area (Å²) in [6.45, 7) is 3.31. The lowest BCUT2D eigenvalue weighted by Gasteiger charge is -2.19. The van der Waals surface area contributed by atoms with E-state index in [-0.39, 0.29) is 18.4 Å². The first-order chi connectivity index (χ1) is 6.33. The molecule has 0 saturated carbocycles. The maximum absolute atomic E-state index is 10.9. The van der Waals surface area contributed by atoms with Crippen LogP contribution in [0.2, 0.25) is 0 Å². The van der Waals surface area contributed by atoms with Crippen molar-refractivity contribution in [1.82, 2.24) is 5.32 Å². The molecule has 1 atom stereocenters. The highest BCUT2D eigenvalue weighted by atomic mass is 35.5. The van der Waals surface area contributed by atoms with E-state index in [4.69, 9.17) is 4.74 Å². The molecule has 1 aliphatic heterocycles. The van der Waals surface area contributed by atoms with Crippen molar-refractivity contribution in [3.05, 3.63) is 12.2 Å². The lowest BCUT2D eigenvalue weighted by molar-refractivity contribution is -0.137. The fourth-order valence-corrected chi connectivity index (χ4v) is 1.43. The van der Waals surface area contributed by atoms with Gasteiger partial charge in [-0.1, -0.05) is 12.5 Å². The minimum atomic E-state index is -0.241. The Bertz CT molecular complexity index is 189. The zero-order chi connectivity index (χ0) is 9.52. The molecule has 1 unspecified atom stereocenters. The summed E-state index contributed by atoms with van der Waals surface area (Å²) in [5.41, 5.74) is 0. The van der Waals surface area contributed by atoms with E-state index in [1.165, 1.54) is 18.9 Å². The largest absolute Gasteiger partial charge is 0.463 e. The Hall–Kier alpha value is -0.540. The van der Waals surface area contributed by atoms with E-state index in [0.717, 1.165) is 13.0 Å². The summed E-state index contributed by atoms with van der Waals surface area (Å²) in [6, 6.07) is 0.359. The third-order valence-corrected chi connectivity index (χ3v) is 2.10. The molecular formula is C10H18ClNO2. The van der Waals surface area contributed by atoms with Gasteiger partial charge in [-0.05, 0) is 26.3 Å². The second-order valence-corrected chi connectivity index (χ2v) is 3.17. The van der Waals surface area contributed by atoms with Gasteiger partial charge in [0.05, 0.1) is 6.61 Å². The molecule has 82 valence electrons. The molecule has 1 fully saturated rings. The highest BCUT2D eigenvalue weighted by Crippen LogP contribution is 2.07. The number of rotatable bonds is 3. The zero-order valence-electron chi connectivity index (χ0n) is 8.49. The highest BCUT2D eigenvalue weighted by molar-refractivity contribution is 5.85. The molecule has 3 nitrogen and oxygen atoms in total. The average molecular weight is 220 g/mol. The molecule has 1 N–H and O–H groups in total. The van der Waals surface area contributed by atoms with Crippen molar-refractivity contribution in [2.75, 3.05) is 13.2 Å². The van der Waals surface area contributed by atoms with Crippen LogP contribution in [0.1, 0.15) is 26.2 Å². The first-order valence-electron chi connectivity index (χ1n) is 4.91. The lowest BCUT2D eigenvalue weighted by atomic mass is 10.0. The molecule has 0 bridgehead atoms.